The minimum atomic E-state index is -0.361. The van der Waals surface area contributed by atoms with E-state index in [1.165, 1.54) is 7.11 Å². The summed E-state index contributed by atoms with van der Waals surface area (Å²) < 4.78 is 5.11. The Morgan fingerprint density at radius 2 is 2.15 bits per heavy atom. The third kappa shape index (κ3) is 3.01. The van der Waals surface area contributed by atoms with Crippen LogP contribution < -0.4 is 15.4 Å². The molecule has 6 heteroatoms. The van der Waals surface area contributed by atoms with Gasteiger partial charge in [0.2, 0.25) is 0 Å². The van der Waals surface area contributed by atoms with Gasteiger partial charge in [0, 0.05) is 13.1 Å². The molecule has 1 saturated heterocycles. The second-order valence-electron chi connectivity index (χ2n) is 5.09. The molecule has 1 heterocycles. The summed E-state index contributed by atoms with van der Waals surface area (Å²) in [6, 6.07) is 5.22. The molecule has 1 aromatic carbocycles. The van der Waals surface area contributed by atoms with E-state index in [1.54, 1.807) is 18.2 Å². The Labute approximate surface area is 118 Å². The van der Waals surface area contributed by atoms with Crippen LogP contribution in [0.4, 0.5) is 11.4 Å². The van der Waals surface area contributed by atoms with Crippen molar-refractivity contribution in [3.8, 4) is 5.75 Å². The summed E-state index contributed by atoms with van der Waals surface area (Å²) in [7, 11) is 1.46. The van der Waals surface area contributed by atoms with E-state index in [0.717, 1.165) is 32.4 Å². The maximum absolute atomic E-state index is 11.3. The molecule has 110 valence electrons. The smallest absolute Gasteiger partial charge is 0.333 e. The minimum Gasteiger partial charge on any atom is -0.490 e. The van der Waals surface area contributed by atoms with Crippen molar-refractivity contribution in [2.45, 2.75) is 19.3 Å². The molecule has 0 aliphatic carbocycles. The van der Waals surface area contributed by atoms with E-state index in [0.29, 0.717) is 23.9 Å². The lowest BCUT2D eigenvalue weighted by atomic mass is 9.93. The van der Waals surface area contributed by atoms with Gasteiger partial charge in [-0.05, 0) is 43.9 Å². The van der Waals surface area contributed by atoms with Gasteiger partial charge in [-0.25, -0.2) is 0 Å². The average molecular weight is 279 g/mol. The van der Waals surface area contributed by atoms with Crippen LogP contribution >= 0.6 is 0 Å². The first kappa shape index (κ1) is 14.6. The summed E-state index contributed by atoms with van der Waals surface area (Å²) in [4.78, 5) is 13.0. The zero-order chi connectivity index (χ0) is 14.5. The largest absolute Gasteiger partial charge is 0.490 e. The van der Waals surface area contributed by atoms with Crippen molar-refractivity contribution >= 4 is 11.4 Å². The molecule has 1 aromatic rings. The zero-order valence-electron chi connectivity index (χ0n) is 11.7. The zero-order valence-corrected chi connectivity index (χ0v) is 11.7. The van der Waals surface area contributed by atoms with Gasteiger partial charge in [0.05, 0.1) is 12.0 Å². The molecule has 2 rings (SSSR count). The lowest BCUT2D eigenvalue weighted by Crippen LogP contribution is -2.34. The molecular formula is C14H21N3O3. The number of piperidine rings is 1. The maximum atomic E-state index is 11.3. The van der Waals surface area contributed by atoms with Gasteiger partial charge < -0.3 is 15.4 Å². The average Bonchev–Trinajstić information content (AvgIpc) is 2.47. The first-order chi connectivity index (χ1) is 9.67. The Morgan fingerprint density at radius 1 is 1.45 bits per heavy atom. The van der Waals surface area contributed by atoms with Crippen LogP contribution in [0.2, 0.25) is 0 Å². The van der Waals surface area contributed by atoms with Crippen molar-refractivity contribution in [1.29, 1.82) is 0 Å². The lowest BCUT2D eigenvalue weighted by Gasteiger charge is -2.33. The van der Waals surface area contributed by atoms with E-state index in [1.807, 2.05) is 0 Å². The monoisotopic (exact) mass is 279 g/mol. The summed E-state index contributed by atoms with van der Waals surface area (Å²) in [5.41, 5.74) is 6.30. The molecule has 2 N–H and O–H groups in total. The van der Waals surface area contributed by atoms with Gasteiger partial charge in [-0.3, -0.25) is 10.1 Å². The topological polar surface area (TPSA) is 81.6 Å². The van der Waals surface area contributed by atoms with Gasteiger partial charge >= 0.3 is 5.69 Å². The molecule has 0 aromatic heterocycles. The van der Waals surface area contributed by atoms with Gasteiger partial charge in [-0.2, -0.15) is 0 Å². The van der Waals surface area contributed by atoms with Crippen molar-refractivity contribution in [2.75, 3.05) is 31.6 Å². The molecule has 0 radical (unpaired) electrons. The van der Waals surface area contributed by atoms with Gasteiger partial charge in [-0.15, -0.1) is 0 Å². The number of ether oxygens (including phenoxy) is 1. The molecule has 1 aliphatic heterocycles. The number of benzene rings is 1. The summed E-state index contributed by atoms with van der Waals surface area (Å²) in [6.07, 6.45) is 3.10. The molecule has 0 amide bonds. The van der Waals surface area contributed by atoms with Gasteiger partial charge in [-0.1, -0.05) is 6.07 Å². The number of methoxy groups -OCH3 is 1. The Balaban J connectivity index is 2.19. The fourth-order valence-electron chi connectivity index (χ4n) is 2.81. The molecule has 20 heavy (non-hydrogen) atoms. The molecule has 0 unspecified atom stereocenters. The third-order valence-electron chi connectivity index (χ3n) is 3.91. The van der Waals surface area contributed by atoms with Gasteiger partial charge in [0.1, 0.15) is 5.69 Å². The van der Waals surface area contributed by atoms with Crippen LogP contribution in [0.5, 0.6) is 5.75 Å². The quantitative estimate of drug-likeness (QED) is 0.660. The second kappa shape index (κ2) is 6.56. The lowest BCUT2D eigenvalue weighted by molar-refractivity contribution is -0.385. The molecule has 0 bridgehead atoms. The third-order valence-corrected chi connectivity index (χ3v) is 3.91. The SMILES string of the molecule is COc1cccc(N2CCC(CCN)CC2)c1[N+](=O)[O-]. The van der Waals surface area contributed by atoms with Crippen molar-refractivity contribution in [2.24, 2.45) is 11.7 Å². The van der Waals surface area contributed by atoms with E-state index in [9.17, 15) is 10.1 Å². The Hall–Kier alpha value is -1.82. The number of nitrogens with zero attached hydrogens (tertiary/aromatic N) is 2. The predicted octanol–water partition coefficient (Wildman–Crippen LogP) is 2.17. The van der Waals surface area contributed by atoms with Crippen LogP contribution in [0.15, 0.2) is 18.2 Å². The molecule has 0 atom stereocenters. The summed E-state index contributed by atoms with van der Waals surface area (Å²) in [5.74, 6) is 0.956. The van der Waals surface area contributed by atoms with Crippen LogP contribution in [0.3, 0.4) is 0 Å². The van der Waals surface area contributed by atoms with Crippen LogP contribution in [0, 0.1) is 16.0 Å². The standard InChI is InChI=1S/C14H21N3O3/c1-20-13-4-2-3-12(14(13)17(18)19)16-9-6-11(5-8-15)7-10-16/h2-4,11H,5-10,15H2,1H3. The number of nitro groups is 1. The van der Waals surface area contributed by atoms with Crippen molar-refractivity contribution in [3.05, 3.63) is 28.3 Å². The van der Waals surface area contributed by atoms with Crippen LogP contribution in [0.1, 0.15) is 19.3 Å². The first-order valence-corrected chi connectivity index (χ1v) is 6.93. The maximum Gasteiger partial charge on any atom is 0.333 e. The number of rotatable bonds is 5. The van der Waals surface area contributed by atoms with Crippen LogP contribution in [0.25, 0.3) is 0 Å². The number of nitrogens with two attached hydrogens (primary N) is 1. The Morgan fingerprint density at radius 3 is 2.70 bits per heavy atom. The molecule has 0 spiro atoms. The Kier molecular flexibility index (Phi) is 4.79. The fourth-order valence-corrected chi connectivity index (χ4v) is 2.81. The van der Waals surface area contributed by atoms with Crippen LogP contribution in [-0.4, -0.2) is 31.7 Å². The number of hydrogen-bond donors (Lipinski definition) is 1. The molecule has 0 saturated carbocycles. The van der Waals surface area contributed by atoms with E-state index in [4.69, 9.17) is 10.5 Å². The summed E-state index contributed by atoms with van der Waals surface area (Å²) in [5, 5.41) is 11.3. The van der Waals surface area contributed by atoms with E-state index in [-0.39, 0.29) is 10.6 Å². The van der Waals surface area contributed by atoms with Crippen molar-refractivity contribution in [1.82, 2.24) is 0 Å². The number of hydrogen-bond acceptors (Lipinski definition) is 5. The Bertz CT molecular complexity index is 471. The normalized spacial score (nSPS) is 16.2. The first-order valence-electron chi connectivity index (χ1n) is 6.93. The highest BCUT2D eigenvalue weighted by molar-refractivity contribution is 5.69. The van der Waals surface area contributed by atoms with Gasteiger partial charge in [0.15, 0.2) is 5.75 Å². The van der Waals surface area contributed by atoms with Crippen LogP contribution in [-0.2, 0) is 0 Å². The summed E-state index contributed by atoms with van der Waals surface area (Å²) in [6.45, 7) is 2.38. The fraction of sp³-hybridized carbons (Fsp3) is 0.571. The minimum absolute atomic E-state index is 0.0623. The highest BCUT2D eigenvalue weighted by atomic mass is 16.6. The molecule has 1 fully saturated rings. The summed E-state index contributed by atoms with van der Waals surface area (Å²) >= 11 is 0. The van der Waals surface area contributed by atoms with Crippen molar-refractivity contribution in [3.63, 3.8) is 0 Å². The molecular weight excluding hydrogens is 258 g/mol. The van der Waals surface area contributed by atoms with E-state index >= 15 is 0 Å². The molecule has 6 nitrogen and oxygen atoms in total. The predicted molar refractivity (Wildman–Crippen MR) is 78.3 cm³/mol. The van der Waals surface area contributed by atoms with E-state index < -0.39 is 0 Å². The number of anilines is 1. The van der Waals surface area contributed by atoms with Crippen molar-refractivity contribution < 1.29 is 9.66 Å². The highest BCUT2D eigenvalue weighted by Gasteiger charge is 2.27. The second-order valence-corrected chi connectivity index (χ2v) is 5.09. The molecule has 1 aliphatic rings. The number of nitro benzene ring substituents is 1. The number of para-hydroxylation sites is 1. The van der Waals surface area contributed by atoms with Gasteiger partial charge in [0.25, 0.3) is 0 Å². The van der Waals surface area contributed by atoms with E-state index in [2.05, 4.69) is 4.90 Å². The highest BCUT2D eigenvalue weighted by Crippen LogP contribution is 2.38.